The molecule has 1 atom stereocenters. The lowest BCUT2D eigenvalue weighted by atomic mass is 9.84. The minimum atomic E-state index is 0.236. The summed E-state index contributed by atoms with van der Waals surface area (Å²) in [4.78, 5) is 0. The van der Waals surface area contributed by atoms with E-state index in [1.54, 1.807) is 21.3 Å². The van der Waals surface area contributed by atoms with Crippen molar-refractivity contribution >= 4 is 0 Å². The first-order valence-electron chi connectivity index (χ1n) is 7.37. The standard InChI is InChI=1S/C18H21NO3/c1-20-15-8-7-12(9-17(15)22-3)14-11-19-10-13-5-4-6-16(21-2)18(13)14/h4-9,14,19H,10-11H2,1-3H3. The average molecular weight is 299 g/mol. The Morgan fingerprint density at radius 2 is 1.68 bits per heavy atom. The van der Waals surface area contributed by atoms with Gasteiger partial charge in [-0.25, -0.2) is 0 Å². The third-order valence-corrected chi connectivity index (χ3v) is 4.20. The molecule has 0 radical (unpaired) electrons. The normalized spacial score (nSPS) is 16.8. The SMILES string of the molecule is COc1ccc(C2CNCc3cccc(OC)c32)cc1OC. The highest BCUT2D eigenvalue weighted by Crippen LogP contribution is 2.39. The largest absolute Gasteiger partial charge is 0.496 e. The molecule has 2 aromatic carbocycles. The lowest BCUT2D eigenvalue weighted by molar-refractivity contribution is 0.354. The van der Waals surface area contributed by atoms with Crippen molar-refractivity contribution in [3.8, 4) is 17.2 Å². The Kier molecular flexibility index (Phi) is 4.20. The number of hydrogen-bond acceptors (Lipinski definition) is 4. The maximum Gasteiger partial charge on any atom is 0.161 e. The second-order valence-corrected chi connectivity index (χ2v) is 5.33. The van der Waals surface area contributed by atoms with Gasteiger partial charge in [0.25, 0.3) is 0 Å². The van der Waals surface area contributed by atoms with Gasteiger partial charge in [0.15, 0.2) is 11.5 Å². The minimum Gasteiger partial charge on any atom is -0.496 e. The van der Waals surface area contributed by atoms with Crippen LogP contribution in [0.4, 0.5) is 0 Å². The summed E-state index contributed by atoms with van der Waals surface area (Å²) in [7, 11) is 5.04. The van der Waals surface area contributed by atoms with Crippen LogP contribution >= 0.6 is 0 Å². The molecule has 1 aliphatic heterocycles. The molecular weight excluding hydrogens is 278 g/mol. The van der Waals surface area contributed by atoms with E-state index in [1.807, 2.05) is 24.3 Å². The predicted molar refractivity (Wildman–Crippen MR) is 86.1 cm³/mol. The Balaban J connectivity index is 2.08. The summed E-state index contributed by atoms with van der Waals surface area (Å²) < 4.78 is 16.3. The van der Waals surface area contributed by atoms with Gasteiger partial charge >= 0.3 is 0 Å². The molecule has 0 aliphatic carbocycles. The number of methoxy groups -OCH3 is 3. The molecule has 0 fully saturated rings. The van der Waals surface area contributed by atoms with Crippen LogP contribution < -0.4 is 19.5 Å². The highest BCUT2D eigenvalue weighted by Gasteiger charge is 2.25. The molecule has 0 amide bonds. The van der Waals surface area contributed by atoms with Crippen LogP contribution in [0.25, 0.3) is 0 Å². The highest BCUT2D eigenvalue weighted by atomic mass is 16.5. The van der Waals surface area contributed by atoms with Crippen LogP contribution in [-0.4, -0.2) is 27.9 Å². The van der Waals surface area contributed by atoms with Crippen molar-refractivity contribution in [3.05, 3.63) is 53.1 Å². The van der Waals surface area contributed by atoms with Crippen molar-refractivity contribution < 1.29 is 14.2 Å². The second kappa shape index (κ2) is 6.28. The van der Waals surface area contributed by atoms with Crippen molar-refractivity contribution in [1.29, 1.82) is 0 Å². The Labute approximate surface area is 131 Å². The Morgan fingerprint density at radius 1 is 0.909 bits per heavy atom. The van der Waals surface area contributed by atoms with Crippen molar-refractivity contribution in [1.82, 2.24) is 5.32 Å². The summed E-state index contributed by atoms with van der Waals surface area (Å²) in [6, 6.07) is 12.3. The van der Waals surface area contributed by atoms with Crippen molar-refractivity contribution in [3.63, 3.8) is 0 Å². The Bertz CT molecular complexity index is 655. The molecule has 0 aromatic heterocycles. The van der Waals surface area contributed by atoms with Gasteiger partial charge in [-0.15, -0.1) is 0 Å². The van der Waals surface area contributed by atoms with Crippen molar-refractivity contribution in [2.24, 2.45) is 0 Å². The molecule has 1 N–H and O–H groups in total. The highest BCUT2D eigenvalue weighted by molar-refractivity contribution is 5.52. The molecule has 1 unspecified atom stereocenters. The molecule has 116 valence electrons. The van der Waals surface area contributed by atoms with E-state index in [0.29, 0.717) is 0 Å². The third-order valence-electron chi connectivity index (χ3n) is 4.20. The third kappa shape index (κ3) is 2.50. The summed E-state index contributed by atoms with van der Waals surface area (Å²) in [5.74, 6) is 2.68. The van der Waals surface area contributed by atoms with Crippen LogP contribution in [-0.2, 0) is 6.54 Å². The molecule has 0 bridgehead atoms. The fraction of sp³-hybridized carbons (Fsp3) is 0.333. The molecule has 4 nitrogen and oxygen atoms in total. The van der Waals surface area contributed by atoms with E-state index in [-0.39, 0.29) is 5.92 Å². The maximum absolute atomic E-state index is 5.58. The van der Waals surface area contributed by atoms with E-state index in [2.05, 4.69) is 17.4 Å². The van der Waals surface area contributed by atoms with Gasteiger partial charge in [-0.2, -0.15) is 0 Å². The van der Waals surface area contributed by atoms with Gasteiger partial charge < -0.3 is 19.5 Å². The summed E-state index contributed by atoms with van der Waals surface area (Å²) in [5.41, 5.74) is 3.73. The van der Waals surface area contributed by atoms with Gasteiger partial charge in [0.1, 0.15) is 5.75 Å². The van der Waals surface area contributed by atoms with E-state index in [1.165, 1.54) is 16.7 Å². The van der Waals surface area contributed by atoms with Gasteiger partial charge in [-0.1, -0.05) is 18.2 Å². The minimum absolute atomic E-state index is 0.236. The van der Waals surface area contributed by atoms with E-state index < -0.39 is 0 Å². The molecule has 2 aromatic rings. The van der Waals surface area contributed by atoms with Crippen LogP contribution in [0, 0.1) is 0 Å². The molecular formula is C18H21NO3. The predicted octanol–water partition coefficient (Wildman–Crippen LogP) is 2.95. The smallest absolute Gasteiger partial charge is 0.161 e. The molecule has 1 heterocycles. The summed E-state index contributed by atoms with van der Waals surface area (Å²) in [6.07, 6.45) is 0. The van der Waals surface area contributed by atoms with Crippen LogP contribution in [0.1, 0.15) is 22.6 Å². The number of rotatable bonds is 4. The van der Waals surface area contributed by atoms with Gasteiger partial charge in [-0.3, -0.25) is 0 Å². The van der Waals surface area contributed by atoms with E-state index in [0.717, 1.165) is 30.3 Å². The number of fused-ring (bicyclic) bond motifs is 1. The lowest BCUT2D eigenvalue weighted by Gasteiger charge is -2.29. The fourth-order valence-corrected chi connectivity index (χ4v) is 3.12. The first-order chi connectivity index (χ1) is 10.8. The quantitative estimate of drug-likeness (QED) is 0.942. The summed E-state index contributed by atoms with van der Waals surface area (Å²) >= 11 is 0. The van der Waals surface area contributed by atoms with Crippen molar-refractivity contribution in [2.45, 2.75) is 12.5 Å². The number of ether oxygens (including phenoxy) is 3. The van der Waals surface area contributed by atoms with Crippen molar-refractivity contribution in [2.75, 3.05) is 27.9 Å². The van der Waals surface area contributed by atoms with E-state index >= 15 is 0 Å². The number of benzene rings is 2. The van der Waals surface area contributed by atoms with Gasteiger partial charge in [0.05, 0.1) is 21.3 Å². The lowest BCUT2D eigenvalue weighted by Crippen LogP contribution is -2.29. The van der Waals surface area contributed by atoms with Gasteiger partial charge in [-0.05, 0) is 29.3 Å². The maximum atomic E-state index is 5.58. The Morgan fingerprint density at radius 3 is 2.41 bits per heavy atom. The molecule has 0 saturated heterocycles. The number of hydrogen-bond donors (Lipinski definition) is 1. The van der Waals surface area contributed by atoms with Crippen LogP contribution in [0.3, 0.4) is 0 Å². The second-order valence-electron chi connectivity index (χ2n) is 5.33. The van der Waals surface area contributed by atoms with Crippen LogP contribution in [0.15, 0.2) is 36.4 Å². The zero-order valence-corrected chi connectivity index (χ0v) is 13.2. The first kappa shape index (κ1) is 14.7. The van der Waals surface area contributed by atoms with Crippen LogP contribution in [0.5, 0.6) is 17.2 Å². The van der Waals surface area contributed by atoms with Crippen LogP contribution in [0.2, 0.25) is 0 Å². The zero-order chi connectivity index (χ0) is 15.5. The molecule has 0 saturated carbocycles. The summed E-state index contributed by atoms with van der Waals surface area (Å²) in [6.45, 7) is 1.75. The van der Waals surface area contributed by atoms with Gasteiger partial charge in [0, 0.05) is 24.6 Å². The Hall–Kier alpha value is -2.20. The molecule has 22 heavy (non-hydrogen) atoms. The molecule has 1 aliphatic rings. The first-order valence-corrected chi connectivity index (χ1v) is 7.37. The zero-order valence-electron chi connectivity index (χ0n) is 13.2. The fourth-order valence-electron chi connectivity index (χ4n) is 3.12. The topological polar surface area (TPSA) is 39.7 Å². The monoisotopic (exact) mass is 299 g/mol. The van der Waals surface area contributed by atoms with E-state index in [4.69, 9.17) is 14.2 Å². The average Bonchev–Trinajstić information content (AvgIpc) is 2.60. The molecule has 0 spiro atoms. The van der Waals surface area contributed by atoms with E-state index in [9.17, 15) is 0 Å². The summed E-state index contributed by atoms with van der Waals surface area (Å²) in [5, 5.41) is 3.48. The molecule has 4 heteroatoms. The van der Waals surface area contributed by atoms with Gasteiger partial charge in [0.2, 0.25) is 0 Å². The number of nitrogens with one attached hydrogen (secondary N) is 1. The molecule has 3 rings (SSSR count).